The van der Waals surface area contributed by atoms with E-state index in [0.717, 1.165) is 41.5 Å². The Morgan fingerprint density at radius 2 is 1.63 bits per heavy atom. The Kier molecular flexibility index (Phi) is 6.47. The van der Waals surface area contributed by atoms with Crippen molar-refractivity contribution in [1.82, 2.24) is 10.3 Å². The van der Waals surface area contributed by atoms with Gasteiger partial charge in [0.1, 0.15) is 0 Å². The second-order valence-corrected chi connectivity index (χ2v) is 7.34. The Bertz CT molecular complexity index is 1100. The van der Waals surface area contributed by atoms with Crippen LogP contribution in [0.25, 0.3) is 10.8 Å². The molecule has 0 aliphatic heterocycles. The normalized spacial score (nSPS) is 11.9. The number of fused-ring (bicyclic) bond motifs is 1. The van der Waals surface area contributed by atoms with Crippen molar-refractivity contribution < 1.29 is 4.79 Å². The van der Waals surface area contributed by atoms with Gasteiger partial charge in [-0.05, 0) is 47.7 Å². The topological polar surface area (TPSA) is 54.0 Å². The minimum Gasteiger partial charge on any atom is -0.326 e. The molecule has 1 heterocycles. The van der Waals surface area contributed by atoms with Crippen molar-refractivity contribution in [3.05, 3.63) is 108 Å². The second-order valence-electron chi connectivity index (χ2n) is 7.34. The molecule has 3 aromatic carbocycles. The Morgan fingerprint density at radius 1 is 0.867 bits per heavy atom. The fourth-order valence-corrected chi connectivity index (χ4v) is 3.60. The van der Waals surface area contributed by atoms with Crippen molar-refractivity contribution in [3.8, 4) is 0 Å². The van der Waals surface area contributed by atoms with Gasteiger partial charge in [-0.1, -0.05) is 66.7 Å². The zero-order chi connectivity index (χ0) is 20.6. The molecule has 4 nitrogen and oxygen atoms in total. The fraction of sp³-hybridized carbons (Fsp3) is 0.154. The molecular formula is C26H25N3O. The lowest BCUT2D eigenvalue weighted by Crippen LogP contribution is -2.25. The van der Waals surface area contributed by atoms with E-state index in [9.17, 15) is 4.79 Å². The summed E-state index contributed by atoms with van der Waals surface area (Å²) >= 11 is 0. The van der Waals surface area contributed by atoms with Crippen molar-refractivity contribution in [2.45, 2.75) is 18.9 Å². The molecule has 30 heavy (non-hydrogen) atoms. The van der Waals surface area contributed by atoms with Crippen molar-refractivity contribution >= 4 is 22.4 Å². The molecule has 0 aliphatic rings. The molecule has 0 radical (unpaired) electrons. The number of rotatable bonds is 8. The highest BCUT2D eigenvalue weighted by Gasteiger charge is 2.20. The summed E-state index contributed by atoms with van der Waals surface area (Å²) in [5.41, 5.74) is 3.07. The van der Waals surface area contributed by atoms with Crippen LogP contribution in [0, 0.1) is 0 Å². The summed E-state index contributed by atoms with van der Waals surface area (Å²) < 4.78 is 0. The summed E-state index contributed by atoms with van der Waals surface area (Å²) in [5, 5.41) is 8.68. The molecule has 1 aromatic heterocycles. The smallest absolute Gasteiger partial charge is 0.231 e. The molecule has 1 atom stereocenters. The molecule has 0 spiro atoms. The van der Waals surface area contributed by atoms with Crippen LogP contribution >= 0.6 is 0 Å². The molecule has 0 fully saturated rings. The van der Waals surface area contributed by atoms with E-state index in [1.165, 1.54) is 5.56 Å². The van der Waals surface area contributed by atoms with Gasteiger partial charge >= 0.3 is 0 Å². The van der Waals surface area contributed by atoms with Gasteiger partial charge in [-0.3, -0.25) is 9.78 Å². The molecule has 2 N–H and O–H groups in total. The Balaban J connectivity index is 1.43. The van der Waals surface area contributed by atoms with Gasteiger partial charge in [-0.2, -0.15) is 0 Å². The van der Waals surface area contributed by atoms with E-state index in [1.54, 1.807) is 6.20 Å². The first-order valence-electron chi connectivity index (χ1n) is 10.2. The first-order valence-corrected chi connectivity index (χ1v) is 10.2. The van der Waals surface area contributed by atoms with Crippen LogP contribution in [0.3, 0.4) is 0 Å². The van der Waals surface area contributed by atoms with E-state index in [4.69, 9.17) is 0 Å². The molecule has 0 saturated heterocycles. The van der Waals surface area contributed by atoms with Crippen molar-refractivity contribution in [3.63, 3.8) is 0 Å². The van der Waals surface area contributed by atoms with Crippen LogP contribution in [-0.4, -0.2) is 17.4 Å². The number of hydrogen-bond acceptors (Lipinski definition) is 3. The summed E-state index contributed by atoms with van der Waals surface area (Å²) in [7, 11) is 0. The molecule has 4 rings (SSSR count). The average Bonchev–Trinajstić information content (AvgIpc) is 2.80. The predicted octanol–water partition coefficient (Wildman–Crippen LogP) is 5.14. The number of carbonyl (C=O) groups excluding carboxylic acids is 1. The van der Waals surface area contributed by atoms with Crippen molar-refractivity contribution in [2.75, 3.05) is 11.9 Å². The number of nitrogens with zero attached hydrogens (tertiary/aromatic N) is 1. The maximum atomic E-state index is 13.2. The maximum absolute atomic E-state index is 13.2. The summed E-state index contributed by atoms with van der Waals surface area (Å²) in [5.74, 6) is -0.210. The maximum Gasteiger partial charge on any atom is 0.231 e. The van der Waals surface area contributed by atoms with Gasteiger partial charge < -0.3 is 10.6 Å². The van der Waals surface area contributed by atoms with Crippen LogP contribution < -0.4 is 10.6 Å². The number of pyridine rings is 1. The van der Waals surface area contributed by atoms with Crippen molar-refractivity contribution in [1.29, 1.82) is 0 Å². The molecule has 4 aromatic rings. The zero-order valence-corrected chi connectivity index (χ0v) is 16.8. The quantitative estimate of drug-likeness (QED) is 0.406. The Labute approximate surface area is 177 Å². The number of carbonyl (C=O) groups is 1. The van der Waals surface area contributed by atoms with E-state index >= 15 is 0 Å². The summed E-state index contributed by atoms with van der Waals surface area (Å²) in [4.78, 5) is 17.3. The lowest BCUT2D eigenvalue weighted by atomic mass is 9.94. The number of hydrogen-bond donors (Lipinski definition) is 2. The van der Waals surface area contributed by atoms with E-state index in [1.807, 2.05) is 79.0 Å². The van der Waals surface area contributed by atoms with Crippen molar-refractivity contribution in [2.24, 2.45) is 0 Å². The monoisotopic (exact) mass is 395 g/mol. The lowest BCUT2D eigenvalue weighted by Gasteiger charge is -2.18. The number of amides is 1. The molecular weight excluding hydrogens is 370 g/mol. The van der Waals surface area contributed by atoms with Gasteiger partial charge in [0.15, 0.2) is 0 Å². The van der Waals surface area contributed by atoms with Gasteiger partial charge in [-0.15, -0.1) is 0 Å². The molecule has 1 amide bonds. The summed E-state index contributed by atoms with van der Waals surface area (Å²) in [6.07, 6.45) is 4.31. The average molecular weight is 396 g/mol. The first-order chi connectivity index (χ1) is 14.8. The Morgan fingerprint density at radius 3 is 2.43 bits per heavy atom. The van der Waals surface area contributed by atoms with E-state index in [0.29, 0.717) is 0 Å². The molecule has 0 bridgehead atoms. The second kappa shape index (κ2) is 9.81. The summed E-state index contributed by atoms with van der Waals surface area (Å²) in [6.45, 7) is 1.55. The van der Waals surface area contributed by atoms with Crippen LogP contribution in [0.15, 0.2) is 97.3 Å². The molecule has 0 aliphatic carbocycles. The van der Waals surface area contributed by atoms with Crippen LogP contribution in [0.4, 0.5) is 5.69 Å². The van der Waals surface area contributed by atoms with Crippen LogP contribution in [-0.2, 0) is 11.3 Å². The third-order valence-corrected chi connectivity index (χ3v) is 5.21. The first kappa shape index (κ1) is 19.8. The van der Waals surface area contributed by atoms with E-state index < -0.39 is 0 Å². The standard InChI is InChI=1S/C26H25N3O/c30-26(29-24-12-11-23-19-28-15-13-22(23)17-24)25(21-9-5-2-6-10-21)14-16-27-18-20-7-3-1-4-8-20/h1-13,15,17,19,25,27H,14,16,18H2,(H,29,30). The highest BCUT2D eigenvalue weighted by molar-refractivity contribution is 5.97. The SMILES string of the molecule is O=C(Nc1ccc2cnccc2c1)C(CCNCc1ccccc1)c1ccccc1. The van der Waals surface area contributed by atoms with Gasteiger partial charge in [0, 0.05) is 30.0 Å². The van der Waals surface area contributed by atoms with Crippen LogP contribution in [0.5, 0.6) is 0 Å². The predicted molar refractivity (Wildman–Crippen MR) is 122 cm³/mol. The number of nitrogens with one attached hydrogen (secondary N) is 2. The minimum absolute atomic E-state index is 0.0103. The van der Waals surface area contributed by atoms with E-state index in [-0.39, 0.29) is 11.8 Å². The number of aromatic nitrogens is 1. The van der Waals surface area contributed by atoms with E-state index in [2.05, 4.69) is 27.8 Å². The third kappa shape index (κ3) is 5.10. The molecule has 0 saturated carbocycles. The molecule has 150 valence electrons. The zero-order valence-electron chi connectivity index (χ0n) is 16.8. The van der Waals surface area contributed by atoms with Gasteiger partial charge in [0.2, 0.25) is 5.91 Å². The highest BCUT2D eigenvalue weighted by Crippen LogP contribution is 2.23. The van der Waals surface area contributed by atoms with Crippen LogP contribution in [0.2, 0.25) is 0 Å². The summed E-state index contributed by atoms with van der Waals surface area (Å²) in [6, 6.07) is 28.1. The largest absolute Gasteiger partial charge is 0.326 e. The lowest BCUT2D eigenvalue weighted by molar-refractivity contribution is -0.117. The van der Waals surface area contributed by atoms with Gasteiger partial charge in [0.05, 0.1) is 5.92 Å². The number of benzene rings is 3. The molecule has 4 heteroatoms. The van der Waals surface area contributed by atoms with Crippen LogP contribution in [0.1, 0.15) is 23.5 Å². The number of anilines is 1. The van der Waals surface area contributed by atoms with Gasteiger partial charge in [0.25, 0.3) is 0 Å². The Hall–Kier alpha value is -3.50. The third-order valence-electron chi connectivity index (χ3n) is 5.21. The molecule has 1 unspecified atom stereocenters. The fourth-order valence-electron chi connectivity index (χ4n) is 3.60. The highest BCUT2D eigenvalue weighted by atomic mass is 16.1. The minimum atomic E-state index is -0.220. The van der Waals surface area contributed by atoms with Gasteiger partial charge in [-0.25, -0.2) is 0 Å².